The maximum Gasteiger partial charge on any atom is 0.376 e. The molecule has 8 atom stereocenters. The predicted molar refractivity (Wildman–Crippen MR) is 513 cm³/mol. The Labute approximate surface area is 803 Å². The fourth-order valence-electron chi connectivity index (χ4n) is 15.4. The first-order valence-corrected chi connectivity index (χ1v) is 44.6. The van der Waals surface area contributed by atoms with Crippen molar-refractivity contribution in [1.29, 1.82) is 0 Å². The zero-order valence-corrected chi connectivity index (χ0v) is 83.1. The monoisotopic (exact) mass is 2040 g/mol. The molecule has 6 unspecified atom stereocenters. The van der Waals surface area contributed by atoms with Crippen LogP contribution >= 0.6 is 115 Å². The van der Waals surface area contributed by atoms with Gasteiger partial charge in [-0.3, -0.25) is 43.4 Å². The van der Waals surface area contributed by atoms with Gasteiger partial charge in [-0.05, 0) is 266 Å². The fraction of sp³-hybridized carbons (Fsp3) is 0.421. The minimum absolute atomic E-state index is 0. The molecule has 3 N–H and O–H groups in total. The number of likely N-dealkylation sites (tertiary alicyclic amines) is 2. The summed E-state index contributed by atoms with van der Waals surface area (Å²) < 4.78 is 80.9. The molecule has 5 heterocycles. The minimum Gasteiger partial charge on any atom is -0.481 e. The second kappa shape index (κ2) is 51.6. The molecule has 0 saturated carbocycles. The van der Waals surface area contributed by atoms with E-state index < -0.39 is 60.0 Å². The van der Waals surface area contributed by atoms with E-state index in [0.717, 1.165) is 104 Å². The molecule has 0 aromatic heterocycles. The Morgan fingerprint density at radius 2 is 0.859 bits per heavy atom. The van der Waals surface area contributed by atoms with E-state index in [1.54, 1.807) is 63.1 Å². The highest BCUT2D eigenvalue weighted by Crippen LogP contribution is 2.43. The summed E-state index contributed by atoms with van der Waals surface area (Å²) in [5.74, 6) is -8.32. The van der Waals surface area contributed by atoms with Crippen LogP contribution < -0.4 is 5.32 Å². The molecule has 33 heteroatoms. The largest absolute Gasteiger partial charge is 0.481 e. The summed E-state index contributed by atoms with van der Waals surface area (Å²) in [5, 5.41) is 25.3. The predicted octanol–water partition coefficient (Wildman–Crippen LogP) is 21.7. The van der Waals surface area contributed by atoms with Gasteiger partial charge in [-0.25, -0.2) is 17.6 Å². The second-order valence-electron chi connectivity index (χ2n) is 33.1. The number of carbonyl (C=O) groups excluding carboxylic acids is 6. The Morgan fingerprint density at radius 1 is 0.484 bits per heavy atom. The van der Waals surface area contributed by atoms with Gasteiger partial charge in [0.1, 0.15) is 23.3 Å². The lowest BCUT2D eigenvalue weighted by Crippen LogP contribution is -2.43. The number of halogens is 13. The number of nitrogens with zero attached hydrogens (tertiary/aromatic N) is 4. The van der Waals surface area contributed by atoms with Crippen molar-refractivity contribution in [3.05, 3.63) is 259 Å². The van der Waals surface area contributed by atoms with Crippen molar-refractivity contribution >= 4 is 180 Å². The summed E-state index contributed by atoms with van der Waals surface area (Å²) in [6, 6.07) is 34.5. The standard InChI is InChI=1S/C30H35ClF2N2O3.C16H21BClNO3.C15H18ClNO2.C15H19F2NO2.C10H10BrClO2.C9H8BrClO2.2ClH/c1-18(29(37)38-5)24-14-20(31)6-8-22(24)19-10-12-34(13-11-19)28(36)26-17-35(30(2,3)4)16-25(26)23-9-7-21(32)15-27(23)33;1-11(16(20)22-3)15-10-13(18)4-5-14(15)12-6-8-19(9-7-12)17(2)21;1-10(15(18)19-2)14-9-12(16)3-4-13(14)11-5-7-17-8-6-11;1-15(2,3)18-7-11(12(8-18)14(19)20)10-5-4-9(16)6-13(10)17;1-6(10(13)14-2)8-5-7(12)3-4-9(8)11;1-13-9(12)5-6-4-7(11)2-3-8(6)10;;/h6-10,14-15,18,25-26H,11-13,16-17H2,1-5H3;4-6,10-11,21H,7-9H2,1-3H3;3-5,9-10,17H,6-8H2,1-2H3;4-6,11-12H,7-8H2,1-3H3,(H,19,20);3-6H,1-2H3;2-4H,5H2,1H3;2*1H/t18?,25?,26-;;;11?,12-;;;;/m1..1..../s1. The number of rotatable bonds is 18. The third-order valence-corrected chi connectivity index (χ3v) is 25.6. The van der Waals surface area contributed by atoms with Gasteiger partial charge >= 0.3 is 42.9 Å². The van der Waals surface area contributed by atoms with Crippen LogP contribution in [0.4, 0.5) is 17.6 Å². The molecule has 5 aliphatic heterocycles. The van der Waals surface area contributed by atoms with E-state index >= 15 is 0 Å². The molecule has 7 aromatic carbocycles. The van der Waals surface area contributed by atoms with Crippen molar-refractivity contribution in [3.8, 4) is 0 Å². The number of methoxy groups -OCH3 is 5. The van der Waals surface area contributed by atoms with Crippen molar-refractivity contribution in [2.45, 2.75) is 148 Å². The van der Waals surface area contributed by atoms with Gasteiger partial charge in [0.25, 0.3) is 0 Å². The quantitative estimate of drug-likeness (QED) is 0.0314. The summed E-state index contributed by atoms with van der Waals surface area (Å²) in [6.45, 7) is 27.3. The summed E-state index contributed by atoms with van der Waals surface area (Å²) in [5.41, 5.74) is 11.1. The molecule has 2 fully saturated rings. The number of carbonyl (C=O) groups is 7. The highest BCUT2D eigenvalue weighted by atomic mass is 79.9. The van der Waals surface area contributed by atoms with Gasteiger partial charge in [0.15, 0.2) is 0 Å². The molecule has 7 aromatic rings. The molecule has 5 aliphatic rings. The van der Waals surface area contributed by atoms with E-state index in [1.165, 1.54) is 71.0 Å². The molecule has 0 bridgehead atoms. The van der Waals surface area contributed by atoms with Crippen LogP contribution in [0.15, 0.2) is 155 Å². The minimum atomic E-state index is -0.939. The Morgan fingerprint density at radius 3 is 1.22 bits per heavy atom. The van der Waals surface area contributed by atoms with Crippen LogP contribution in [0.3, 0.4) is 0 Å². The number of benzene rings is 7. The fourth-order valence-corrected chi connectivity index (χ4v) is 17.3. The lowest BCUT2D eigenvalue weighted by atomic mass is 9.81. The van der Waals surface area contributed by atoms with Crippen molar-refractivity contribution < 1.29 is 84.9 Å². The maximum atomic E-state index is 14.8. The van der Waals surface area contributed by atoms with Gasteiger partial charge in [0.2, 0.25) is 5.91 Å². The SMILES string of the molecule is CC(C)(C)N1CC(c2ccc(F)cc2F)[C@H](C(=O)O)C1.COC(=O)C(C)c1cc(Cl)ccc1Br.COC(=O)C(C)c1cc(Cl)ccc1C1=CCN(B(C)O)CC1.COC(=O)C(C)c1cc(Cl)ccc1C1=CCN(C(=O)[C@@H]2CN(C(C)(C)C)CC2c2ccc(F)cc2F)CC1.COC(=O)C(C)c1cc(Cl)ccc1C1=CCNCC1.COC(=O)Cc1cc(Cl)ccc1Br.Cl.Cl. The van der Waals surface area contributed by atoms with E-state index in [-0.39, 0.29) is 107 Å². The second-order valence-corrected chi connectivity index (χ2v) is 37.0. The molecular weight excluding hydrogens is 1930 g/mol. The van der Waals surface area contributed by atoms with Crippen LogP contribution in [-0.4, -0.2) is 190 Å². The lowest BCUT2D eigenvalue weighted by molar-refractivity contribution is -0.142. The van der Waals surface area contributed by atoms with Gasteiger partial charge in [-0.15, -0.1) is 24.8 Å². The van der Waals surface area contributed by atoms with Crippen LogP contribution in [-0.2, 0) is 63.7 Å². The van der Waals surface area contributed by atoms with E-state index in [2.05, 4.69) is 84.5 Å². The summed E-state index contributed by atoms with van der Waals surface area (Å²) in [7, 11) is 6.45. The molecule has 0 spiro atoms. The van der Waals surface area contributed by atoms with Crippen LogP contribution in [0.2, 0.25) is 31.9 Å². The van der Waals surface area contributed by atoms with Crippen LogP contribution in [0.25, 0.3) is 16.7 Å². The van der Waals surface area contributed by atoms with Crippen molar-refractivity contribution in [2.75, 3.05) is 101 Å². The number of esters is 5. The van der Waals surface area contributed by atoms with Crippen molar-refractivity contribution in [3.63, 3.8) is 0 Å². The molecule has 0 radical (unpaired) electrons. The molecule has 2 saturated heterocycles. The van der Waals surface area contributed by atoms with Crippen LogP contribution in [0.5, 0.6) is 0 Å². The number of hydrogen-bond donors (Lipinski definition) is 3. The highest BCUT2D eigenvalue weighted by Gasteiger charge is 2.46. The molecule has 12 rings (SSSR count). The summed E-state index contributed by atoms with van der Waals surface area (Å²) in [4.78, 5) is 91.4. The molecule has 0 aliphatic carbocycles. The van der Waals surface area contributed by atoms with Crippen LogP contribution in [0, 0.1) is 35.1 Å². The average Bonchev–Trinajstić information content (AvgIpc) is 1.62. The summed E-state index contributed by atoms with van der Waals surface area (Å²) >= 11 is 36.7. The molecule has 1 amide bonds. The third kappa shape index (κ3) is 31.1. The van der Waals surface area contributed by atoms with Crippen molar-refractivity contribution in [1.82, 2.24) is 24.8 Å². The van der Waals surface area contributed by atoms with Crippen LogP contribution in [0.1, 0.15) is 180 Å². The van der Waals surface area contributed by atoms with E-state index in [1.807, 2.05) is 104 Å². The first-order chi connectivity index (χ1) is 59.4. The number of nitrogens with one attached hydrogen (secondary N) is 1. The van der Waals surface area contributed by atoms with Gasteiger partial charge < -0.3 is 48.8 Å². The molecule has 696 valence electrons. The third-order valence-electron chi connectivity index (χ3n) is 22.9. The number of carboxylic acid groups (broad SMARTS) is 1. The number of amides is 1. The smallest absolute Gasteiger partial charge is 0.376 e. The first kappa shape index (κ1) is 111. The first-order valence-electron chi connectivity index (χ1n) is 41.1. The number of hydrogen-bond acceptors (Lipinski definition) is 17. The summed E-state index contributed by atoms with van der Waals surface area (Å²) in [6.07, 6.45) is 8.92. The van der Waals surface area contributed by atoms with Crippen molar-refractivity contribution in [2.24, 2.45) is 11.8 Å². The topological polar surface area (TPSA) is 231 Å². The van der Waals surface area contributed by atoms with Gasteiger partial charge in [-0.1, -0.05) is 138 Å². The van der Waals surface area contributed by atoms with Gasteiger partial charge in [0, 0.05) is 121 Å². The Kier molecular flexibility index (Phi) is 44.8. The lowest BCUT2D eigenvalue weighted by Gasteiger charge is -2.33. The Hall–Kier alpha value is -7.38. The molecular formula is C95H113BBr2Cl7F4N5O14. The molecule has 128 heavy (non-hydrogen) atoms. The Balaban J connectivity index is 0.000000283. The number of ether oxygens (including phenoxy) is 5. The number of aliphatic carboxylic acids is 1. The normalized spacial score (nSPS) is 17.8. The van der Waals surface area contributed by atoms with Gasteiger partial charge in [0.05, 0.1) is 77.5 Å². The van der Waals surface area contributed by atoms with E-state index in [9.17, 15) is 61.3 Å². The van der Waals surface area contributed by atoms with E-state index in [4.69, 9.17) is 72.2 Å². The maximum absolute atomic E-state index is 14.8. The average molecular weight is 2040 g/mol. The molecule has 19 nitrogen and oxygen atoms in total. The van der Waals surface area contributed by atoms with E-state index in [0.29, 0.717) is 82.9 Å². The van der Waals surface area contributed by atoms with Gasteiger partial charge in [-0.2, -0.15) is 0 Å². The Bertz CT molecular complexity index is 5120. The number of carboxylic acids is 1. The zero-order valence-electron chi connectivity index (χ0n) is 74.5. The zero-order chi connectivity index (χ0) is 93.5. The highest BCUT2D eigenvalue weighted by molar-refractivity contribution is 9.10.